The van der Waals surface area contributed by atoms with E-state index in [4.69, 9.17) is 4.74 Å². The van der Waals surface area contributed by atoms with Gasteiger partial charge in [-0.3, -0.25) is 4.79 Å². The summed E-state index contributed by atoms with van der Waals surface area (Å²) in [7, 11) is 0. The van der Waals surface area contributed by atoms with E-state index in [1.165, 1.54) is 6.33 Å². The van der Waals surface area contributed by atoms with Crippen LogP contribution in [0.15, 0.2) is 30.6 Å². The van der Waals surface area contributed by atoms with E-state index < -0.39 is 0 Å². The molecule has 1 saturated heterocycles. The average Bonchev–Trinajstić information content (AvgIpc) is 2.99. The summed E-state index contributed by atoms with van der Waals surface area (Å²) in [5, 5.41) is 11.0. The molecule has 7 nitrogen and oxygen atoms in total. The highest BCUT2D eigenvalue weighted by Gasteiger charge is 2.33. The zero-order chi connectivity index (χ0) is 15.7. The maximum absolute atomic E-state index is 12.7. The van der Waals surface area contributed by atoms with Crippen LogP contribution in [0.25, 0.3) is 5.69 Å². The third-order valence-corrected chi connectivity index (χ3v) is 3.58. The molecule has 0 radical (unpaired) electrons. The monoisotopic (exact) mass is 301 g/mol. The number of hydrogen-bond acceptors (Lipinski definition) is 5. The molecule has 1 aliphatic rings. The van der Waals surface area contributed by atoms with E-state index in [0.717, 1.165) is 5.69 Å². The maximum atomic E-state index is 12.7. The van der Waals surface area contributed by atoms with Gasteiger partial charge in [-0.25, -0.2) is 4.68 Å². The summed E-state index contributed by atoms with van der Waals surface area (Å²) >= 11 is 0. The molecule has 1 aliphatic heterocycles. The van der Waals surface area contributed by atoms with Gasteiger partial charge in [-0.15, -0.1) is 5.10 Å². The van der Waals surface area contributed by atoms with Crippen LogP contribution in [0.1, 0.15) is 31.1 Å². The van der Waals surface area contributed by atoms with Gasteiger partial charge in [-0.2, -0.15) is 0 Å². The van der Waals surface area contributed by atoms with Gasteiger partial charge in [-0.05, 0) is 55.5 Å². The van der Waals surface area contributed by atoms with Crippen LogP contribution in [0.5, 0.6) is 0 Å². The molecule has 1 aromatic heterocycles. The number of aromatic nitrogens is 4. The Kier molecular flexibility index (Phi) is 3.66. The Morgan fingerprint density at radius 2 is 2.05 bits per heavy atom. The number of tetrazole rings is 1. The molecule has 116 valence electrons. The number of nitrogens with zero attached hydrogens (tertiary/aromatic N) is 5. The Hall–Kier alpha value is -2.28. The molecule has 0 aliphatic carbocycles. The van der Waals surface area contributed by atoms with Crippen LogP contribution in [-0.2, 0) is 4.74 Å². The lowest BCUT2D eigenvalue weighted by atomic mass is 10.0. The third kappa shape index (κ3) is 2.99. The molecule has 7 heteroatoms. The summed E-state index contributed by atoms with van der Waals surface area (Å²) in [5.74, 6) is 0.0199. The predicted octanol–water partition coefficient (Wildman–Crippen LogP) is 1.30. The molecular formula is C15H19N5O2. The van der Waals surface area contributed by atoms with Gasteiger partial charge in [0.2, 0.25) is 0 Å². The van der Waals surface area contributed by atoms with E-state index >= 15 is 0 Å². The van der Waals surface area contributed by atoms with Gasteiger partial charge >= 0.3 is 0 Å². The van der Waals surface area contributed by atoms with Crippen molar-refractivity contribution in [1.29, 1.82) is 0 Å². The number of carbonyl (C=O) groups is 1. The topological polar surface area (TPSA) is 73.1 Å². The van der Waals surface area contributed by atoms with Crippen LogP contribution in [0.2, 0.25) is 0 Å². The highest BCUT2D eigenvalue weighted by molar-refractivity contribution is 5.94. The van der Waals surface area contributed by atoms with Crippen molar-refractivity contribution in [2.75, 3.05) is 13.1 Å². The van der Waals surface area contributed by atoms with Gasteiger partial charge in [0.05, 0.1) is 17.4 Å². The summed E-state index contributed by atoms with van der Waals surface area (Å²) in [5.41, 5.74) is 1.15. The van der Waals surface area contributed by atoms with Crippen LogP contribution in [-0.4, -0.2) is 55.8 Å². The first kappa shape index (κ1) is 14.6. The maximum Gasteiger partial charge on any atom is 0.254 e. The van der Waals surface area contributed by atoms with Crippen molar-refractivity contribution in [2.45, 2.75) is 32.5 Å². The molecule has 0 bridgehead atoms. The normalized spacial score (nSPS) is 20.9. The number of morpholine rings is 1. The van der Waals surface area contributed by atoms with Crippen molar-refractivity contribution in [1.82, 2.24) is 25.1 Å². The van der Waals surface area contributed by atoms with E-state index in [1.807, 2.05) is 37.8 Å². The quantitative estimate of drug-likeness (QED) is 0.836. The van der Waals surface area contributed by atoms with Gasteiger partial charge in [0, 0.05) is 18.7 Å². The lowest BCUT2D eigenvalue weighted by Gasteiger charge is -2.41. The minimum Gasteiger partial charge on any atom is -0.369 e. The van der Waals surface area contributed by atoms with Gasteiger partial charge in [0.15, 0.2) is 0 Å². The average molecular weight is 301 g/mol. The van der Waals surface area contributed by atoms with Crippen molar-refractivity contribution < 1.29 is 9.53 Å². The van der Waals surface area contributed by atoms with Crippen molar-refractivity contribution >= 4 is 5.91 Å². The van der Waals surface area contributed by atoms with E-state index in [9.17, 15) is 4.79 Å². The van der Waals surface area contributed by atoms with E-state index in [0.29, 0.717) is 18.7 Å². The summed E-state index contributed by atoms with van der Waals surface area (Å²) in [6, 6.07) is 7.26. The molecule has 1 fully saturated rings. The van der Waals surface area contributed by atoms with Crippen LogP contribution in [0.3, 0.4) is 0 Å². The van der Waals surface area contributed by atoms with Crippen LogP contribution >= 0.6 is 0 Å². The van der Waals surface area contributed by atoms with Gasteiger partial charge in [-0.1, -0.05) is 0 Å². The summed E-state index contributed by atoms with van der Waals surface area (Å²) < 4.78 is 7.39. The highest BCUT2D eigenvalue weighted by atomic mass is 16.5. The number of benzene rings is 1. The largest absolute Gasteiger partial charge is 0.369 e. The van der Waals surface area contributed by atoms with Crippen molar-refractivity contribution in [3.8, 4) is 5.69 Å². The third-order valence-electron chi connectivity index (χ3n) is 3.58. The fourth-order valence-electron chi connectivity index (χ4n) is 2.83. The molecule has 1 unspecified atom stereocenters. The van der Waals surface area contributed by atoms with E-state index in [-0.39, 0.29) is 17.6 Å². The van der Waals surface area contributed by atoms with Gasteiger partial charge in [0.1, 0.15) is 6.33 Å². The summed E-state index contributed by atoms with van der Waals surface area (Å²) in [4.78, 5) is 14.5. The highest BCUT2D eigenvalue weighted by Crippen LogP contribution is 2.22. The fourth-order valence-corrected chi connectivity index (χ4v) is 2.83. The number of rotatable bonds is 2. The molecule has 1 atom stereocenters. The molecule has 0 spiro atoms. The zero-order valence-corrected chi connectivity index (χ0v) is 12.9. The molecule has 2 aromatic rings. The smallest absolute Gasteiger partial charge is 0.254 e. The predicted molar refractivity (Wildman–Crippen MR) is 79.7 cm³/mol. The lowest BCUT2D eigenvalue weighted by molar-refractivity contribution is -0.118. The Balaban J connectivity index is 1.77. The number of carbonyl (C=O) groups excluding carboxylic acids is 1. The van der Waals surface area contributed by atoms with Crippen LogP contribution in [0, 0.1) is 0 Å². The first-order valence-corrected chi connectivity index (χ1v) is 7.25. The second-order valence-electron chi connectivity index (χ2n) is 6.18. The van der Waals surface area contributed by atoms with Crippen LogP contribution < -0.4 is 0 Å². The molecule has 1 aromatic carbocycles. The molecule has 3 rings (SSSR count). The van der Waals surface area contributed by atoms with E-state index in [2.05, 4.69) is 15.5 Å². The van der Waals surface area contributed by atoms with Crippen LogP contribution in [0.4, 0.5) is 0 Å². The standard InChI is InChI=1S/C15H19N5O2/c1-11-8-19(9-15(2,3)22-11)14(21)12-4-6-13(7-5-12)20-10-16-17-18-20/h4-7,10-11H,8-9H2,1-3H3. The second kappa shape index (κ2) is 5.49. The summed E-state index contributed by atoms with van der Waals surface area (Å²) in [6.45, 7) is 7.19. The number of ether oxygens (including phenoxy) is 1. The minimum absolute atomic E-state index is 0.0199. The summed E-state index contributed by atoms with van der Waals surface area (Å²) in [6.07, 6.45) is 1.55. The van der Waals surface area contributed by atoms with Crippen molar-refractivity contribution in [3.05, 3.63) is 36.2 Å². The first-order chi connectivity index (χ1) is 10.4. The van der Waals surface area contributed by atoms with Crippen molar-refractivity contribution in [3.63, 3.8) is 0 Å². The molecule has 22 heavy (non-hydrogen) atoms. The first-order valence-electron chi connectivity index (χ1n) is 7.25. The SMILES string of the molecule is CC1CN(C(=O)c2ccc(-n3cnnn3)cc2)CC(C)(C)O1. The molecular weight excluding hydrogens is 282 g/mol. The Labute approximate surface area is 128 Å². The lowest BCUT2D eigenvalue weighted by Crippen LogP contribution is -2.53. The number of hydrogen-bond donors (Lipinski definition) is 0. The zero-order valence-electron chi connectivity index (χ0n) is 12.9. The molecule has 1 amide bonds. The van der Waals surface area contributed by atoms with Gasteiger partial charge < -0.3 is 9.64 Å². The Bertz CT molecular complexity index is 651. The molecule has 2 heterocycles. The molecule has 0 N–H and O–H groups in total. The van der Waals surface area contributed by atoms with Gasteiger partial charge in [0.25, 0.3) is 5.91 Å². The van der Waals surface area contributed by atoms with Crippen molar-refractivity contribution in [2.24, 2.45) is 0 Å². The number of amides is 1. The Morgan fingerprint density at radius 1 is 1.32 bits per heavy atom. The van der Waals surface area contributed by atoms with E-state index in [1.54, 1.807) is 16.8 Å². The minimum atomic E-state index is -0.320. The Morgan fingerprint density at radius 3 is 2.64 bits per heavy atom. The molecule has 0 saturated carbocycles. The fraction of sp³-hybridized carbons (Fsp3) is 0.467. The second-order valence-corrected chi connectivity index (χ2v) is 6.18.